The molecule has 4 rings (SSSR count). The Morgan fingerprint density at radius 1 is 1.09 bits per heavy atom. The van der Waals surface area contributed by atoms with Crippen molar-refractivity contribution in [2.24, 2.45) is 0 Å². The Kier molecular flexibility index (Phi) is 6.46. The maximum absolute atomic E-state index is 13.8. The molecule has 10 heteroatoms. The van der Waals surface area contributed by atoms with Crippen molar-refractivity contribution < 1.29 is 28.6 Å². The number of ether oxygens (including phenoxy) is 3. The third-order valence-corrected chi connectivity index (χ3v) is 6.03. The summed E-state index contributed by atoms with van der Waals surface area (Å²) >= 11 is 0. The zero-order valence-corrected chi connectivity index (χ0v) is 19.9. The Bertz CT molecular complexity index is 1290. The number of benzene rings is 2. The van der Waals surface area contributed by atoms with Crippen LogP contribution in [0.4, 0.5) is 5.69 Å². The van der Waals surface area contributed by atoms with E-state index in [9.17, 15) is 14.4 Å². The van der Waals surface area contributed by atoms with Gasteiger partial charge in [0.2, 0.25) is 5.91 Å². The van der Waals surface area contributed by atoms with Crippen LogP contribution < -0.4 is 19.7 Å². The highest BCUT2D eigenvalue weighted by Gasteiger charge is 2.49. The molecule has 0 fully saturated rings. The molecule has 0 bridgehead atoms. The molecule has 1 aliphatic heterocycles. The molecular weight excluding hydrogens is 452 g/mol. The number of carbonyl (C=O) groups is 3. The van der Waals surface area contributed by atoms with Gasteiger partial charge in [0.15, 0.2) is 5.69 Å². The van der Waals surface area contributed by atoms with Crippen LogP contribution in [0, 0.1) is 0 Å². The largest absolute Gasteiger partial charge is 0.497 e. The fraction of sp³-hybridized carbons (Fsp3) is 0.280. The summed E-state index contributed by atoms with van der Waals surface area (Å²) in [5.74, 6) is -0.529. The van der Waals surface area contributed by atoms with E-state index in [1.165, 1.54) is 30.0 Å². The zero-order valence-electron chi connectivity index (χ0n) is 19.9. The minimum Gasteiger partial charge on any atom is -0.497 e. The van der Waals surface area contributed by atoms with Crippen LogP contribution in [0.15, 0.2) is 54.9 Å². The predicted octanol–water partition coefficient (Wildman–Crippen LogP) is 2.42. The van der Waals surface area contributed by atoms with Gasteiger partial charge in [-0.25, -0.2) is 9.78 Å². The molecule has 35 heavy (non-hydrogen) atoms. The highest BCUT2D eigenvalue weighted by atomic mass is 16.5. The molecule has 0 radical (unpaired) electrons. The molecule has 1 N–H and O–H groups in total. The Morgan fingerprint density at radius 3 is 2.57 bits per heavy atom. The molecular formula is C25H26N4O6. The lowest BCUT2D eigenvalue weighted by Gasteiger charge is -2.43. The van der Waals surface area contributed by atoms with E-state index in [1.54, 1.807) is 38.3 Å². The van der Waals surface area contributed by atoms with Crippen molar-refractivity contribution in [2.45, 2.75) is 25.6 Å². The van der Waals surface area contributed by atoms with E-state index in [2.05, 4.69) is 10.3 Å². The average molecular weight is 479 g/mol. The van der Waals surface area contributed by atoms with Crippen LogP contribution in [0.2, 0.25) is 0 Å². The lowest BCUT2D eigenvalue weighted by Crippen LogP contribution is -2.64. The molecule has 1 aromatic heterocycles. The molecule has 2 heterocycles. The molecule has 0 aliphatic carbocycles. The van der Waals surface area contributed by atoms with Crippen molar-refractivity contribution in [1.29, 1.82) is 0 Å². The fourth-order valence-electron chi connectivity index (χ4n) is 4.24. The first-order valence-electron chi connectivity index (χ1n) is 10.9. The molecule has 0 spiro atoms. The van der Waals surface area contributed by atoms with E-state index in [-0.39, 0.29) is 24.5 Å². The second-order valence-corrected chi connectivity index (χ2v) is 8.17. The van der Waals surface area contributed by atoms with Gasteiger partial charge in [-0.15, -0.1) is 0 Å². The number of aromatic nitrogens is 2. The summed E-state index contributed by atoms with van der Waals surface area (Å²) in [7, 11) is 4.29. The van der Waals surface area contributed by atoms with Crippen LogP contribution in [0.5, 0.6) is 11.5 Å². The summed E-state index contributed by atoms with van der Waals surface area (Å²) in [5, 5.41) is 2.93. The van der Waals surface area contributed by atoms with Crippen LogP contribution in [-0.2, 0) is 22.6 Å². The number of fused-ring (bicyclic) bond motifs is 1. The van der Waals surface area contributed by atoms with Crippen LogP contribution in [-0.4, -0.2) is 54.2 Å². The Labute approximate surface area is 202 Å². The number of nitrogens with one attached hydrogen (secondary N) is 1. The monoisotopic (exact) mass is 478 g/mol. The minimum absolute atomic E-state index is 0.0506. The number of nitrogens with zero attached hydrogens (tertiary/aromatic N) is 3. The molecule has 0 unspecified atom stereocenters. The number of rotatable bonds is 7. The molecule has 1 aliphatic rings. The van der Waals surface area contributed by atoms with Gasteiger partial charge in [-0.1, -0.05) is 24.3 Å². The van der Waals surface area contributed by atoms with E-state index >= 15 is 0 Å². The number of amides is 2. The SMILES string of the molecule is COC(=O)c1ncn2c1C(=O)N(c1cccc(OC)c1)[C@](C)(C(=O)NCc1ccccc1OC)C2. The van der Waals surface area contributed by atoms with Gasteiger partial charge >= 0.3 is 5.97 Å². The Morgan fingerprint density at radius 2 is 1.86 bits per heavy atom. The maximum Gasteiger partial charge on any atom is 0.359 e. The van der Waals surface area contributed by atoms with Gasteiger partial charge in [-0.3, -0.25) is 14.5 Å². The van der Waals surface area contributed by atoms with Crippen molar-refractivity contribution in [3.63, 3.8) is 0 Å². The van der Waals surface area contributed by atoms with E-state index in [1.807, 2.05) is 24.3 Å². The lowest BCUT2D eigenvalue weighted by molar-refractivity contribution is -0.126. The van der Waals surface area contributed by atoms with Crippen LogP contribution in [0.25, 0.3) is 0 Å². The lowest BCUT2D eigenvalue weighted by atomic mass is 9.93. The van der Waals surface area contributed by atoms with Gasteiger partial charge < -0.3 is 24.1 Å². The molecule has 10 nitrogen and oxygen atoms in total. The summed E-state index contributed by atoms with van der Waals surface area (Å²) in [6.07, 6.45) is 1.37. The quantitative estimate of drug-likeness (QED) is 0.519. The van der Waals surface area contributed by atoms with E-state index < -0.39 is 23.3 Å². The van der Waals surface area contributed by atoms with Crippen molar-refractivity contribution in [2.75, 3.05) is 26.2 Å². The summed E-state index contributed by atoms with van der Waals surface area (Å²) in [6, 6.07) is 14.2. The highest BCUT2D eigenvalue weighted by molar-refractivity contribution is 6.15. The number of carbonyl (C=O) groups excluding carboxylic acids is 3. The van der Waals surface area contributed by atoms with Gasteiger partial charge in [0, 0.05) is 23.9 Å². The van der Waals surface area contributed by atoms with Gasteiger partial charge in [-0.05, 0) is 25.1 Å². The summed E-state index contributed by atoms with van der Waals surface area (Å²) in [4.78, 5) is 45.2. The number of hydrogen-bond donors (Lipinski definition) is 1. The normalized spacial score (nSPS) is 16.9. The topological polar surface area (TPSA) is 112 Å². The minimum atomic E-state index is -1.35. The predicted molar refractivity (Wildman–Crippen MR) is 127 cm³/mol. The van der Waals surface area contributed by atoms with Crippen LogP contribution in [0.3, 0.4) is 0 Å². The van der Waals surface area contributed by atoms with Gasteiger partial charge in [0.05, 0.1) is 34.2 Å². The summed E-state index contributed by atoms with van der Waals surface area (Å²) in [6.45, 7) is 1.93. The molecule has 2 aromatic carbocycles. The molecule has 3 aromatic rings. The van der Waals surface area contributed by atoms with E-state index in [0.717, 1.165) is 5.56 Å². The number of esters is 1. The van der Waals surface area contributed by atoms with Gasteiger partial charge in [0.1, 0.15) is 22.7 Å². The van der Waals surface area contributed by atoms with Crippen LogP contribution in [0.1, 0.15) is 33.5 Å². The smallest absolute Gasteiger partial charge is 0.359 e. The number of anilines is 1. The Hall–Kier alpha value is -4.34. The fourth-order valence-corrected chi connectivity index (χ4v) is 4.24. The van der Waals surface area contributed by atoms with E-state index in [0.29, 0.717) is 17.2 Å². The number of imidazole rings is 1. The standard InChI is InChI=1S/C25H26N4O6/c1-25(24(32)26-13-16-8-5-6-11-19(16)34-3)14-28-15-27-20(23(31)35-4)21(28)22(30)29(25)17-9-7-10-18(12-17)33-2/h5-12,15H,13-14H2,1-4H3,(H,26,32)/t25-/m0/s1. The van der Waals surface area contributed by atoms with Crippen molar-refractivity contribution in [1.82, 2.24) is 14.9 Å². The number of para-hydroxylation sites is 1. The zero-order chi connectivity index (χ0) is 25.2. The number of hydrogen-bond acceptors (Lipinski definition) is 7. The second-order valence-electron chi connectivity index (χ2n) is 8.17. The molecule has 0 saturated carbocycles. The third kappa shape index (κ3) is 4.18. The number of methoxy groups -OCH3 is 3. The maximum atomic E-state index is 13.8. The first-order chi connectivity index (χ1) is 16.8. The van der Waals surface area contributed by atoms with Crippen molar-refractivity contribution in [3.8, 4) is 11.5 Å². The molecule has 1 atom stereocenters. The second kappa shape index (κ2) is 9.49. The third-order valence-electron chi connectivity index (χ3n) is 6.03. The summed E-state index contributed by atoms with van der Waals surface area (Å²) in [5.41, 5.74) is -0.186. The summed E-state index contributed by atoms with van der Waals surface area (Å²) < 4.78 is 17.0. The first-order valence-corrected chi connectivity index (χ1v) is 10.9. The van der Waals surface area contributed by atoms with Gasteiger partial charge in [0.25, 0.3) is 5.91 Å². The first kappa shape index (κ1) is 23.8. The molecule has 0 saturated heterocycles. The van der Waals surface area contributed by atoms with Gasteiger partial charge in [-0.2, -0.15) is 0 Å². The molecule has 2 amide bonds. The Balaban J connectivity index is 1.76. The van der Waals surface area contributed by atoms with Crippen LogP contribution >= 0.6 is 0 Å². The van der Waals surface area contributed by atoms with E-state index in [4.69, 9.17) is 14.2 Å². The molecule has 182 valence electrons. The van der Waals surface area contributed by atoms with Crippen molar-refractivity contribution in [3.05, 3.63) is 71.8 Å². The average Bonchev–Trinajstić information content (AvgIpc) is 3.30. The van der Waals surface area contributed by atoms with Crippen molar-refractivity contribution >= 4 is 23.5 Å². The highest BCUT2D eigenvalue weighted by Crippen LogP contribution is 2.35.